The van der Waals surface area contributed by atoms with E-state index in [1.54, 1.807) is 11.3 Å². The minimum Gasteiger partial charge on any atom is -0.456 e. The monoisotopic (exact) mass is 355 g/mol. The second-order valence-electron chi connectivity index (χ2n) is 4.77. The number of rotatable bonds is 7. The highest BCUT2D eigenvalue weighted by atomic mass is 35.5. The van der Waals surface area contributed by atoms with Gasteiger partial charge in [-0.1, -0.05) is 17.7 Å². The zero-order valence-electron chi connectivity index (χ0n) is 12.2. The average molecular weight is 356 g/mol. The second kappa shape index (κ2) is 8.64. The lowest BCUT2D eigenvalue weighted by atomic mass is 10.2. The molecular formula is C16H15ClFNO3S. The zero-order valence-corrected chi connectivity index (χ0v) is 13.8. The van der Waals surface area contributed by atoms with Crippen LogP contribution < -0.4 is 5.32 Å². The van der Waals surface area contributed by atoms with Crippen molar-refractivity contribution in [2.24, 2.45) is 0 Å². The molecule has 0 unspecified atom stereocenters. The maximum absolute atomic E-state index is 12.9. The lowest BCUT2D eigenvalue weighted by Gasteiger charge is -2.08. The molecule has 1 aromatic heterocycles. The zero-order chi connectivity index (χ0) is 16.7. The van der Waals surface area contributed by atoms with Crippen LogP contribution in [0.1, 0.15) is 17.7 Å². The predicted molar refractivity (Wildman–Crippen MR) is 88.3 cm³/mol. The molecule has 0 saturated heterocycles. The molecule has 1 N–H and O–H groups in total. The SMILES string of the molecule is O=C(COC(=O)CCCc1cccs1)Nc1ccc(F)cc1Cl. The van der Waals surface area contributed by atoms with Gasteiger partial charge in [0.15, 0.2) is 6.61 Å². The molecule has 0 saturated carbocycles. The Morgan fingerprint density at radius 1 is 1.30 bits per heavy atom. The minimum atomic E-state index is -0.523. The molecule has 0 aliphatic rings. The molecule has 7 heteroatoms. The highest BCUT2D eigenvalue weighted by Gasteiger charge is 2.10. The molecule has 0 bridgehead atoms. The van der Waals surface area contributed by atoms with Crippen LogP contribution in [0.15, 0.2) is 35.7 Å². The largest absolute Gasteiger partial charge is 0.456 e. The average Bonchev–Trinajstić information content (AvgIpc) is 3.01. The molecule has 0 fully saturated rings. The number of benzene rings is 1. The molecular weight excluding hydrogens is 341 g/mol. The smallest absolute Gasteiger partial charge is 0.306 e. The highest BCUT2D eigenvalue weighted by Crippen LogP contribution is 2.22. The summed E-state index contributed by atoms with van der Waals surface area (Å²) in [6.45, 7) is -0.397. The molecule has 23 heavy (non-hydrogen) atoms. The number of esters is 1. The fraction of sp³-hybridized carbons (Fsp3) is 0.250. The molecule has 0 radical (unpaired) electrons. The number of ether oxygens (including phenoxy) is 1. The number of anilines is 1. The van der Waals surface area contributed by atoms with Crippen molar-refractivity contribution >= 4 is 40.5 Å². The van der Waals surface area contributed by atoms with E-state index in [4.69, 9.17) is 16.3 Å². The molecule has 0 aliphatic carbocycles. The highest BCUT2D eigenvalue weighted by molar-refractivity contribution is 7.09. The number of nitrogens with one attached hydrogen (secondary N) is 1. The summed E-state index contributed by atoms with van der Waals surface area (Å²) in [6.07, 6.45) is 1.73. The van der Waals surface area contributed by atoms with Crippen LogP contribution >= 0.6 is 22.9 Å². The Morgan fingerprint density at radius 2 is 2.13 bits per heavy atom. The fourth-order valence-electron chi connectivity index (χ4n) is 1.86. The number of hydrogen-bond donors (Lipinski definition) is 1. The van der Waals surface area contributed by atoms with Gasteiger partial charge in [0.05, 0.1) is 10.7 Å². The Kier molecular flexibility index (Phi) is 6.55. The van der Waals surface area contributed by atoms with Gasteiger partial charge in [0, 0.05) is 11.3 Å². The van der Waals surface area contributed by atoms with Crippen molar-refractivity contribution in [1.29, 1.82) is 0 Å². The molecule has 2 rings (SSSR count). The quantitative estimate of drug-likeness (QED) is 0.762. The molecule has 1 amide bonds. The van der Waals surface area contributed by atoms with E-state index >= 15 is 0 Å². The van der Waals surface area contributed by atoms with Crippen LogP contribution in [0, 0.1) is 5.82 Å². The van der Waals surface area contributed by atoms with Gasteiger partial charge in [-0.25, -0.2) is 4.39 Å². The summed E-state index contributed by atoms with van der Waals surface area (Å²) in [5.41, 5.74) is 0.270. The van der Waals surface area contributed by atoms with E-state index in [-0.39, 0.29) is 17.1 Å². The fourth-order valence-corrected chi connectivity index (χ4v) is 2.82. The minimum absolute atomic E-state index is 0.0839. The number of carbonyl (C=O) groups is 2. The number of thiophene rings is 1. The van der Waals surface area contributed by atoms with E-state index in [0.717, 1.165) is 12.5 Å². The Balaban J connectivity index is 1.68. The first-order valence-electron chi connectivity index (χ1n) is 6.97. The lowest BCUT2D eigenvalue weighted by molar-refractivity contribution is -0.147. The molecule has 0 atom stereocenters. The van der Waals surface area contributed by atoms with Gasteiger partial charge >= 0.3 is 5.97 Å². The van der Waals surface area contributed by atoms with Crippen molar-refractivity contribution in [3.05, 3.63) is 51.4 Å². The Labute approximate surface area is 142 Å². The molecule has 0 aliphatic heterocycles. The van der Waals surface area contributed by atoms with E-state index in [9.17, 15) is 14.0 Å². The van der Waals surface area contributed by atoms with E-state index in [2.05, 4.69) is 5.32 Å². The van der Waals surface area contributed by atoms with E-state index in [1.807, 2.05) is 17.5 Å². The standard InChI is InChI=1S/C16H15ClFNO3S/c17-13-9-11(18)6-7-14(13)19-15(20)10-22-16(21)5-1-3-12-4-2-8-23-12/h2,4,6-9H,1,3,5,10H2,(H,19,20). The van der Waals surface area contributed by atoms with Crippen LogP contribution in [0.5, 0.6) is 0 Å². The molecule has 1 aromatic carbocycles. The summed E-state index contributed by atoms with van der Waals surface area (Å²) in [7, 11) is 0. The number of carbonyl (C=O) groups excluding carboxylic acids is 2. The third-order valence-electron chi connectivity index (χ3n) is 2.95. The van der Waals surface area contributed by atoms with Crippen LogP contribution in [0.4, 0.5) is 10.1 Å². The van der Waals surface area contributed by atoms with Gasteiger partial charge in [0.25, 0.3) is 5.91 Å². The van der Waals surface area contributed by atoms with Crippen LogP contribution in [-0.2, 0) is 20.7 Å². The van der Waals surface area contributed by atoms with Gasteiger partial charge in [-0.2, -0.15) is 0 Å². The Morgan fingerprint density at radius 3 is 2.83 bits per heavy atom. The Hall–Kier alpha value is -1.92. The molecule has 2 aromatic rings. The van der Waals surface area contributed by atoms with Gasteiger partial charge in [0.1, 0.15) is 5.82 Å². The topological polar surface area (TPSA) is 55.4 Å². The maximum Gasteiger partial charge on any atom is 0.306 e. The summed E-state index contributed by atoms with van der Waals surface area (Å²) in [4.78, 5) is 24.5. The molecule has 4 nitrogen and oxygen atoms in total. The predicted octanol–water partition coefficient (Wildman–Crippen LogP) is 4.05. The first-order valence-corrected chi connectivity index (χ1v) is 8.23. The first-order chi connectivity index (χ1) is 11.0. The van der Waals surface area contributed by atoms with Gasteiger partial charge in [-0.15, -0.1) is 11.3 Å². The number of halogens is 2. The number of aryl methyl sites for hydroxylation is 1. The summed E-state index contributed by atoms with van der Waals surface area (Å²) in [5.74, 6) is -1.45. The third-order valence-corrected chi connectivity index (χ3v) is 4.20. The summed E-state index contributed by atoms with van der Waals surface area (Å²) < 4.78 is 17.8. The van der Waals surface area contributed by atoms with Crippen molar-refractivity contribution in [3.8, 4) is 0 Å². The molecule has 0 spiro atoms. The van der Waals surface area contributed by atoms with Crippen molar-refractivity contribution in [2.45, 2.75) is 19.3 Å². The van der Waals surface area contributed by atoms with Gasteiger partial charge in [-0.05, 0) is 42.5 Å². The van der Waals surface area contributed by atoms with Gasteiger partial charge < -0.3 is 10.1 Å². The third kappa shape index (κ3) is 6.00. The van der Waals surface area contributed by atoms with E-state index in [1.165, 1.54) is 17.0 Å². The molecule has 1 heterocycles. The first kappa shape index (κ1) is 17.4. The van der Waals surface area contributed by atoms with Crippen molar-refractivity contribution < 1.29 is 18.7 Å². The summed E-state index contributed by atoms with van der Waals surface area (Å²) in [5, 5.41) is 4.53. The van der Waals surface area contributed by atoms with Crippen LogP contribution in [0.3, 0.4) is 0 Å². The number of amides is 1. The Bertz CT molecular complexity index is 676. The van der Waals surface area contributed by atoms with Gasteiger partial charge in [-0.3, -0.25) is 9.59 Å². The van der Waals surface area contributed by atoms with Gasteiger partial charge in [0.2, 0.25) is 0 Å². The van der Waals surface area contributed by atoms with Crippen molar-refractivity contribution in [3.63, 3.8) is 0 Å². The summed E-state index contributed by atoms with van der Waals surface area (Å²) >= 11 is 7.43. The van der Waals surface area contributed by atoms with E-state index < -0.39 is 24.3 Å². The van der Waals surface area contributed by atoms with Crippen LogP contribution in [-0.4, -0.2) is 18.5 Å². The van der Waals surface area contributed by atoms with Crippen LogP contribution in [0.25, 0.3) is 0 Å². The normalized spacial score (nSPS) is 10.3. The van der Waals surface area contributed by atoms with Crippen molar-refractivity contribution in [1.82, 2.24) is 0 Å². The number of hydrogen-bond acceptors (Lipinski definition) is 4. The lowest BCUT2D eigenvalue weighted by Crippen LogP contribution is -2.21. The van der Waals surface area contributed by atoms with Crippen LogP contribution in [0.2, 0.25) is 5.02 Å². The van der Waals surface area contributed by atoms with Crippen molar-refractivity contribution in [2.75, 3.05) is 11.9 Å². The maximum atomic E-state index is 12.9. The second-order valence-corrected chi connectivity index (χ2v) is 6.21. The van der Waals surface area contributed by atoms with E-state index in [0.29, 0.717) is 6.42 Å². The molecule has 122 valence electrons. The summed E-state index contributed by atoms with van der Waals surface area (Å²) in [6, 6.07) is 7.59.